The Labute approximate surface area is 329 Å². The van der Waals surface area contributed by atoms with Crippen LogP contribution in [0.25, 0.3) is 0 Å². The molecule has 0 fully saturated rings. The van der Waals surface area contributed by atoms with Gasteiger partial charge in [-0.25, -0.2) is 0 Å². The van der Waals surface area contributed by atoms with Gasteiger partial charge in [0.2, 0.25) is 0 Å². The maximum Gasteiger partial charge on any atom is 0.306 e. The van der Waals surface area contributed by atoms with E-state index in [1.165, 1.54) is 154 Å². The van der Waals surface area contributed by atoms with Crippen LogP contribution < -0.4 is 0 Å². The van der Waals surface area contributed by atoms with Gasteiger partial charge in [0.25, 0.3) is 0 Å². The highest BCUT2D eigenvalue weighted by Crippen LogP contribution is 2.17. The van der Waals surface area contributed by atoms with Crippen molar-refractivity contribution >= 4 is 17.9 Å². The van der Waals surface area contributed by atoms with Gasteiger partial charge in [0.15, 0.2) is 6.10 Å². The Bertz CT molecular complexity index is 798. The second-order valence-electron chi connectivity index (χ2n) is 16.3. The van der Waals surface area contributed by atoms with Crippen LogP contribution >= 0.6 is 0 Å². The molecule has 0 amide bonds. The standard InChI is InChI=1S/C47H90O6/c1-5-8-10-12-14-16-18-19-20-21-22-24-26-31-35-39-46(49)52-42-44(53-47(50)40-36-32-28-27-29-33-37-43(4)7-3)41-51-45(48)38-34-30-25-23-17-15-13-11-9-6-2/h43-44H,5-42H2,1-4H3/t43?,44-/m1/s1. The molecular weight excluding hydrogens is 661 g/mol. The van der Waals surface area contributed by atoms with Crippen molar-refractivity contribution in [2.75, 3.05) is 13.2 Å². The lowest BCUT2D eigenvalue weighted by Gasteiger charge is -2.18. The van der Waals surface area contributed by atoms with E-state index in [9.17, 15) is 14.4 Å². The Kier molecular flexibility index (Phi) is 40.3. The lowest BCUT2D eigenvalue weighted by Crippen LogP contribution is -2.30. The van der Waals surface area contributed by atoms with E-state index < -0.39 is 6.10 Å². The van der Waals surface area contributed by atoms with Gasteiger partial charge in [-0.1, -0.05) is 220 Å². The van der Waals surface area contributed by atoms with Gasteiger partial charge in [-0.2, -0.15) is 0 Å². The van der Waals surface area contributed by atoms with Crippen LogP contribution in [-0.2, 0) is 28.6 Å². The summed E-state index contributed by atoms with van der Waals surface area (Å²) in [5.41, 5.74) is 0. The van der Waals surface area contributed by atoms with E-state index in [4.69, 9.17) is 14.2 Å². The summed E-state index contributed by atoms with van der Waals surface area (Å²) in [6.45, 7) is 8.96. The molecule has 0 aromatic rings. The smallest absolute Gasteiger partial charge is 0.306 e. The first kappa shape index (κ1) is 51.4. The Balaban J connectivity index is 4.29. The van der Waals surface area contributed by atoms with Crippen LogP contribution in [0.15, 0.2) is 0 Å². The molecule has 0 saturated carbocycles. The fraction of sp³-hybridized carbons (Fsp3) is 0.936. The van der Waals surface area contributed by atoms with Crippen LogP contribution in [0, 0.1) is 5.92 Å². The third-order valence-electron chi connectivity index (χ3n) is 10.9. The summed E-state index contributed by atoms with van der Waals surface area (Å²) >= 11 is 0. The quantitative estimate of drug-likeness (QED) is 0.0351. The fourth-order valence-corrected chi connectivity index (χ4v) is 6.95. The summed E-state index contributed by atoms with van der Waals surface area (Å²) < 4.78 is 16.7. The number of carbonyl (C=O) groups is 3. The van der Waals surface area contributed by atoms with Crippen LogP contribution in [0.1, 0.15) is 259 Å². The number of esters is 3. The minimum atomic E-state index is -0.760. The third-order valence-corrected chi connectivity index (χ3v) is 10.9. The molecule has 0 N–H and O–H groups in total. The van der Waals surface area contributed by atoms with Gasteiger partial charge < -0.3 is 14.2 Å². The minimum Gasteiger partial charge on any atom is -0.462 e. The van der Waals surface area contributed by atoms with Crippen LogP contribution in [0.4, 0.5) is 0 Å². The van der Waals surface area contributed by atoms with Crippen LogP contribution in [0.2, 0.25) is 0 Å². The number of hydrogen-bond acceptors (Lipinski definition) is 6. The topological polar surface area (TPSA) is 78.9 Å². The molecule has 314 valence electrons. The second kappa shape index (κ2) is 41.6. The number of carbonyl (C=O) groups excluding carboxylic acids is 3. The summed E-state index contributed by atoms with van der Waals surface area (Å²) in [7, 11) is 0. The van der Waals surface area contributed by atoms with Crippen molar-refractivity contribution in [3.05, 3.63) is 0 Å². The molecule has 2 atom stereocenters. The van der Waals surface area contributed by atoms with E-state index in [-0.39, 0.29) is 31.1 Å². The van der Waals surface area contributed by atoms with E-state index in [0.717, 1.165) is 63.7 Å². The summed E-state index contributed by atoms with van der Waals surface area (Å²) in [5.74, 6) is -0.0466. The SMILES string of the molecule is CCCCCCCCCCCCCCCCCC(=O)OC[C@@H](COC(=O)CCCCCCCCCCCC)OC(=O)CCCCCCCCC(C)CC. The maximum atomic E-state index is 12.7. The molecule has 0 saturated heterocycles. The number of rotatable bonds is 42. The molecule has 6 heteroatoms. The van der Waals surface area contributed by atoms with Crippen molar-refractivity contribution in [2.24, 2.45) is 5.92 Å². The first-order valence-electron chi connectivity index (χ1n) is 23.4. The predicted molar refractivity (Wildman–Crippen MR) is 224 cm³/mol. The van der Waals surface area contributed by atoms with Crippen LogP contribution in [-0.4, -0.2) is 37.2 Å². The zero-order valence-electron chi connectivity index (χ0n) is 36.0. The molecule has 0 aliphatic heterocycles. The zero-order valence-corrected chi connectivity index (χ0v) is 36.0. The number of ether oxygens (including phenoxy) is 3. The molecule has 0 aliphatic carbocycles. The third kappa shape index (κ3) is 39.9. The average molecular weight is 751 g/mol. The Morgan fingerprint density at radius 2 is 0.660 bits per heavy atom. The highest BCUT2D eigenvalue weighted by molar-refractivity contribution is 5.71. The maximum absolute atomic E-state index is 12.7. The van der Waals surface area contributed by atoms with Gasteiger partial charge in [-0.3, -0.25) is 14.4 Å². The van der Waals surface area contributed by atoms with E-state index in [0.29, 0.717) is 19.3 Å². The van der Waals surface area contributed by atoms with E-state index in [1.54, 1.807) is 0 Å². The lowest BCUT2D eigenvalue weighted by molar-refractivity contribution is -0.167. The molecular formula is C47H90O6. The molecule has 0 radical (unpaired) electrons. The summed E-state index contributed by atoms with van der Waals surface area (Å²) in [4.78, 5) is 37.7. The summed E-state index contributed by atoms with van der Waals surface area (Å²) in [5, 5.41) is 0. The van der Waals surface area contributed by atoms with Crippen molar-refractivity contribution in [3.8, 4) is 0 Å². The van der Waals surface area contributed by atoms with E-state index >= 15 is 0 Å². The largest absolute Gasteiger partial charge is 0.462 e. The number of hydrogen-bond donors (Lipinski definition) is 0. The highest BCUT2D eigenvalue weighted by atomic mass is 16.6. The van der Waals surface area contributed by atoms with Gasteiger partial charge in [-0.05, 0) is 25.2 Å². The van der Waals surface area contributed by atoms with Crippen molar-refractivity contribution < 1.29 is 28.6 Å². The van der Waals surface area contributed by atoms with Crippen molar-refractivity contribution in [1.29, 1.82) is 0 Å². The normalized spacial score (nSPS) is 12.5. The lowest BCUT2D eigenvalue weighted by atomic mass is 10.00. The van der Waals surface area contributed by atoms with Gasteiger partial charge in [0.1, 0.15) is 13.2 Å². The number of unbranched alkanes of at least 4 members (excludes halogenated alkanes) is 28. The van der Waals surface area contributed by atoms with Crippen LogP contribution in [0.5, 0.6) is 0 Å². The van der Waals surface area contributed by atoms with Crippen molar-refractivity contribution in [3.63, 3.8) is 0 Å². The highest BCUT2D eigenvalue weighted by Gasteiger charge is 2.19. The Hall–Kier alpha value is -1.59. The van der Waals surface area contributed by atoms with E-state index in [1.807, 2.05) is 0 Å². The van der Waals surface area contributed by atoms with Gasteiger partial charge in [0, 0.05) is 19.3 Å². The van der Waals surface area contributed by atoms with Gasteiger partial charge >= 0.3 is 17.9 Å². The van der Waals surface area contributed by atoms with Gasteiger partial charge in [-0.15, -0.1) is 0 Å². The average Bonchev–Trinajstić information content (AvgIpc) is 3.15. The minimum absolute atomic E-state index is 0.0645. The molecule has 53 heavy (non-hydrogen) atoms. The molecule has 0 aliphatic rings. The monoisotopic (exact) mass is 751 g/mol. The molecule has 0 aromatic heterocycles. The molecule has 6 nitrogen and oxygen atoms in total. The van der Waals surface area contributed by atoms with Gasteiger partial charge in [0.05, 0.1) is 0 Å². The molecule has 1 unspecified atom stereocenters. The first-order valence-corrected chi connectivity index (χ1v) is 23.4. The summed E-state index contributed by atoms with van der Waals surface area (Å²) in [6.07, 6.45) is 40.9. The van der Waals surface area contributed by atoms with Crippen molar-refractivity contribution in [2.45, 2.75) is 265 Å². The fourth-order valence-electron chi connectivity index (χ4n) is 6.95. The second-order valence-corrected chi connectivity index (χ2v) is 16.3. The Morgan fingerprint density at radius 3 is 0.981 bits per heavy atom. The molecule has 0 heterocycles. The van der Waals surface area contributed by atoms with Crippen molar-refractivity contribution in [1.82, 2.24) is 0 Å². The molecule has 0 bridgehead atoms. The zero-order chi connectivity index (χ0) is 38.9. The molecule has 0 spiro atoms. The summed E-state index contributed by atoms with van der Waals surface area (Å²) in [6, 6.07) is 0. The van der Waals surface area contributed by atoms with Crippen LogP contribution in [0.3, 0.4) is 0 Å². The molecule has 0 rings (SSSR count). The molecule has 0 aromatic carbocycles. The Morgan fingerprint density at radius 1 is 0.377 bits per heavy atom. The first-order chi connectivity index (χ1) is 25.9. The predicted octanol–water partition coefficient (Wildman–Crippen LogP) is 14.7. The van der Waals surface area contributed by atoms with E-state index in [2.05, 4.69) is 27.7 Å².